The molecule has 0 amide bonds. The van der Waals surface area contributed by atoms with Gasteiger partial charge in [0, 0.05) is 0 Å². The van der Waals surface area contributed by atoms with Crippen molar-refractivity contribution in [3.63, 3.8) is 0 Å². The predicted molar refractivity (Wildman–Crippen MR) is 9.68 cm³/mol. The van der Waals surface area contributed by atoms with Crippen molar-refractivity contribution in [2.45, 2.75) is 0 Å². The van der Waals surface area contributed by atoms with Crippen molar-refractivity contribution < 1.29 is 80.0 Å². The second kappa shape index (κ2) is 139. The molecule has 0 saturated carbocycles. The van der Waals surface area contributed by atoms with Gasteiger partial charge in [-0.2, -0.15) is 0 Å². The maximum absolute atomic E-state index is 0. The Kier molecular flexibility index (Phi) is 4170. The van der Waals surface area contributed by atoms with Gasteiger partial charge in [0.05, 0.1) is 0 Å². The second-order valence-electron chi connectivity index (χ2n) is 0. The van der Waals surface area contributed by atoms with E-state index in [1.807, 2.05) is 0 Å². The minimum absolute atomic E-state index is 0. The molecule has 46 valence electrons. The average molecular weight is 280 g/mol. The van der Waals surface area contributed by atoms with Crippen LogP contribution in [0.15, 0.2) is 0 Å². The summed E-state index contributed by atoms with van der Waals surface area (Å²) in [6.07, 6.45) is 0. The van der Waals surface area contributed by atoms with E-state index < -0.39 is 0 Å². The van der Waals surface area contributed by atoms with Gasteiger partial charge in [0.25, 0.3) is 0 Å². The smallest absolute Gasteiger partial charge is 0.870 e. The molecule has 0 bridgehead atoms. The third-order valence-corrected chi connectivity index (χ3v) is 0. The third kappa shape index (κ3) is 99.6. The van der Waals surface area contributed by atoms with Crippen LogP contribution in [-0.4, -0.2) is 27.4 Å². The van der Waals surface area contributed by atoms with Gasteiger partial charge in [0.2, 0.25) is 0 Å². The zero-order chi connectivity index (χ0) is 0. The molecule has 0 heterocycles. The van der Waals surface area contributed by atoms with Crippen LogP contribution in [-0.2, 0) is 17.1 Å². The van der Waals surface area contributed by atoms with Crippen molar-refractivity contribution in [3.8, 4) is 0 Å². The van der Waals surface area contributed by atoms with Gasteiger partial charge in [-0.15, -0.1) is 0 Å². The maximum Gasteiger partial charge on any atom is 3.00 e. The molecular formula is H5FeLaO5. The van der Waals surface area contributed by atoms with Crippen molar-refractivity contribution >= 4 is 0 Å². The molecule has 0 aliphatic rings. The maximum atomic E-state index is 0. The van der Waals surface area contributed by atoms with Crippen LogP contribution in [0.25, 0.3) is 0 Å². The molecule has 5 N–H and O–H groups in total. The normalized spacial score (nSPS) is 0. The zero-order valence-corrected chi connectivity index (χ0v) is 7.90. The van der Waals surface area contributed by atoms with Gasteiger partial charge in [0.1, 0.15) is 0 Å². The van der Waals surface area contributed by atoms with Crippen molar-refractivity contribution in [1.29, 1.82) is 0 Å². The quantitative estimate of drug-likeness (QED) is 0.527. The van der Waals surface area contributed by atoms with E-state index in [9.17, 15) is 0 Å². The van der Waals surface area contributed by atoms with E-state index in [-0.39, 0.29) is 80.0 Å². The van der Waals surface area contributed by atoms with E-state index in [0.717, 1.165) is 0 Å². The molecule has 0 aromatic carbocycles. The van der Waals surface area contributed by atoms with Crippen molar-refractivity contribution in [2.24, 2.45) is 0 Å². The van der Waals surface area contributed by atoms with Crippen molar-refractivity contribution in [3.05, 3.63) is 0 Å². The van der Waals surface area contributed by atoms with Gasteiger partial charge in [-0.3, -0.25) is 0 Å². The Hall–Kier alpha value is 1.51. The van der Waals surface area contributed by atoms with Crippen LogP contribution in [0.4, 0.5) is 0 Å². The van der Waals surface area contributed by atoms with Gasteiger partial charge in [-0.1, -0.05) is 0 Å². The first kappa shape index (κ1) is 210. The van der Waals surface area contributed by atoms with Crippen LogP contribution in [0, 0.1) is 35.6 Å². The van der Waals surface area contributed by atoms with Crippen molar-refractivity contribution in [2.75, 3.05) is 0 Å². The van der Waals surface area contributed by atoms with Crippen molar-refractivity contribution in [1.82, 2.24) is 0 Å². The SMILES string of the molecule is [Fe+2].[La+3].[OH-].[OH-].[OH-].[OH-].[OH-]. The van der Waals surface area contributed by atoms with E-state index in [4.69, 9.17) is 0 Å². The molecule has 0 aliphatic carbocycles. The Morgan fingerprint density at radius 2 is 0.429 bits per heavy atom. The molecule has 0 fully saturated rings. The number of hydrogen-bond donors (Lipinski definition) is 0. The molecule has 0 rings (SSSR count). The third-order valence-electron chi connectivity index (χ3n) is 0. The topological polar surface area (TPSA) is 150 Å². The Bertz CT molecular complexity index is 8.04. The van der Waals surface area contributed by atoms with Crippen LogP contribution >= 0.6 is 0 Å². The van der Waals surface area contributed by atoms with Gasteiger partial charge >= 0.3 is 52.7 Å². The second-order valence-corrected chi connectivity index (χ2v) is 0. The molecule has 5 nitrogen and oxygen atoms in total. The monoisotopic (exact) mass is 280 g/mol. The molecular weight excluding hydrogens is 275 g/mol. The summed E-state index contributed by atoms with van der Waals surface area (Å²) >= 11 is 0. The molecule has 0 atom stereocenters. The predicted octanol–water partition coefficient (Wildman–Crippen LogP) is -0.886. The molecule has 0 radical (unpaired) electrons. The summed E-state index contributed by atoms with van der Waals surface area (Å²) in [5, 5.41) is 0. The van der Waals surface area contributed by atoms with Gasteiger partial charge in [-0.05, 0) is 0 Å². The number of rotatable bonds is 0. The summed E-state index contributed by atoms with van der Waals surface area (Å²) in [5.74, 6) is 0. The fourth-order valence-corrected chi connectivity index (χ4v) is 0. The summed E-state index contributed by atoms with van der Waals surface area (Å²) < 4.78 is 0. The largest absolute Gasteiger partial charge is 3.00 e. The first-order chi connectivity index (χ1) is 0. The minimum atomic E-state index is 0. The molecule has 0 aromatic rings. The molecule has 0 unspecified atom stereocenters. The van der Waals surface area contributed by atoms with Gasteiger partial charge in [-0.25, -0.2) is 0 Å². The van der Waals surface area contributed by atoms with Gasteiger partial charge < -0.3 is 27.4 Å². The van der Waals surface area contributed by atoms with E-state index in [1.165, 1.54) is 0 Å². The average Bonchev–Trinajstić information content (AvgIpc) is 0. The Labute approximate surface area is 79.5 Å². The first-order valence-corrected chi connectivity index (χ1v) is 0. The molecule has 0 aromatic heterocycles. The van der Waals surface area contributed by atoms with Crippen LogP contribution in [0.1, 0.15) is 0 Å². The van der Waals surface area contributed by atoms with Gasteiger partial charge in [0.15, 0.2) is 0 Å². The molecule has 0 saturated heterocycles. The van der Waals surface area contributed by atoms with Crippen LogP contribution in [0.5, 0.6) is 0 Å². The van der Waals surface area contributed by atoms with E-state index in [0.29, 0.717) is 0 Å². The standard InChI is InChI=1S/Fe.La.5H2O/h;;5*1H2/q+2;+3;;;;;/p-5. The summed E-state index contributed by atoms with van der Waals surface area (Å²) in [6.45, 7) is 0. The summed E-state index contributed by atoms with van der Waals surface area (Å²) in [6, 6.07) is 0. The molecule has 7 heavy (non-hydrogen) atoms. The molecule has 0 spiro atoms. The van der Waals surface area contributed by atoms with E-state index in [2.05, 4.69) is 0 Å². The fourth-order valence-electron chi connectivity index (χ4n) is 0. The van der Waals surface area contributed by atoms with Crippen LogP contribution in [0.3, 0.4) is 0 Å². The minimum Gasteiger partial charge on any atom is -0.870 e. The number of hydrogen-bond acceptors (Lipinski definition) is 5. The Morgan fingerprint density at radius 1 is 0.429 bits per heavy atom. The summed E-state index contributed by atoms with van der Waals surface area (Å²) in [7, 11) is 0. The van der Waals surface area contributed by atoms with Crippen LogP contribution < -0.4 is 0 Å². The molecule has 7 heteroatoms. The van der Waals surface area contributed by atoms with Crippen LogP contribution in [0.2, 0.25) is 0 Å². The zero-order valence-electron chi connectivity index (χ0n) is 3.17. The summed E-state index contributed by atoms with van der Waals surface area (Å²) in [5.41, 5.74) is 0. The Balaban J connectivity index is 0. The van der Waals surface area contributed by atoms with E-state index >= 15 is 0 Å². The Morgan fingerprint density at radius 3 is 0.429 bits per heavy atom. The first-order valence-electron chi connectivity index (χ1n) is 0. The van der Waals surface area contributed by atoms with E-state index in [1.54, 1.807) is 0 Å². The molecule has 0 aliphatic heterocycles. The fraction of sp³-hybridized carbons (Fsp3) is 0. The summed E-state index contributed by atoms with van der Waals surface area (Å²) in [4.78, 5) is 0.